The normalized spacial score (nSPS) is 20.8. The molecule has 0 aromatic heterocycles. The average Bonchev–Trinajstić information content (AvgIpc) is 3.54. The number of fused-ring (bicyclic) bond motifs is 3. The molecule has 8 heteroatoms. The Morgan fingerprint density at radius 3 is 2.24 bits per heavy atom. The molecule has 0 bridgehead atoms. The molecule has 1 heterocycles. The first-order valence-electron chi connectivity index (χ1n) is 13.4. The van der Waals surface area contributed by atoms with Gasteiger partial charge in [-0.05, 0) is 53.9 Å². The van der Waals surface area contributed by atoms with Gasteiger partial charge in [0.1, 0.15) is 12.6 Å². The molecule has 2 atom stereocenters. The Hall–Kier alpha value is -3.00. The van der Waals surface area contributed by atoms with Gasteiger partial charge in [-0.3, -0.25) is 9.69 Å². The smallest absolute Gasteiger partial charge is 0.410 e. The first-order chi connectivity index (χ1) is 17.9. The van der Waals surface area contributed by atoms with Crippen LogP contribution in [0.3, 0.4) is 0 Å². The van der Waals surface area contributed by atoms with Crippen LogP contribution in [0.2, 0.25) is 0 Å². The summed E-state index contributed by atoms with van der Waals surface area (Å²) in [6.07, 6.45) is 4.71. The van der Waals surface area contributed by atoms with E-state index in [0.29, 0.717) is 32.2 Å². The summed E-state index contributed by atoms with van der Waals surface area (Å²) in [6, 6.07) is 14.0. The zero-order valence-electron chi connectivity index (χ0n) is 21.0. The second kappa shape index (κ2) is 10.8. The molecule has 0 radical (unpaired) electrons. The maximum absolute atomic E-state index is 14.8. The highest BCUT2D eigenvalue weighted by Crippen LogP contribution is 2.44. The van der Waals surface area contributed by atoms with Gasteiger partial charge in [-0.15, -0.1) is 0 Å². The van der Waals surface area contributed by atoms with Crippen molar-refractivity contribution in [2.45, 2.75) is 68.9 Å². The maximum Gasteiger partial charge on any atom is 0.410 e. The van der Waals surface area contributed by atoms with E-state index < -0.39 is 36.6 Å². The molecule has 1 saturated carbocycles. The first-order valence-corrected chi connectivity index (χ1v) is 13.4. The number of hydrogen-bond acceptors (Lipinski definition) is 4. The van der Waals surface area contributed by atoms with Gasteiger partial charge in [-0.2, -0.15) is 0 Å². The van der Waals surface area contributed by atoms with Crippen LogP contribution in [0.1, 0.15) is 62.0 Å². The van der Waals surface area contributed by atoms with Crippen molar-refractivity contribution in [1.29, 1.82) is 0 Å². The van der Waals surface area contributed by atoms with Crippen molar-refractivity contribution in [3.05, 3.63) is 59.7 Å². The van der Waals surface area contributed by atoms with E-state index in [-0.39, 0.29) is 18.4 Å². The summed E-state index contributed by atoms with van der Waals surface area (Å²) in [4.78, 5) is 27.2. The Kier molecular flexibility index (Phi) is 7.47. The average molecular weight is 512 g/mol. The molecule has 2 aliphatic carbocycles. The molecule has 3 aliphatic rings. The van der Waals surface area contributed by atoms with Gasteiger partial charge in [0.25, 0.3) is 5.92 Å². The molecule has 2 fully saturated rings. The third-order valence-corrected chi connectivity index (χ3v) is 8.27. The van der Waals surface area contributed by atoms with Crippen LogP contribution in [-0.4, -0.2) is 54.6 Å². The van der Waals surface area contributed by atoms with E-state index in [2.05, 4.69) is 17.4 Å². The third kappa shape index (κ3) is 5.21. The summed E-state index contributed by atoms with van der Waals surface area (Å²) in [6.45, 7) is -0.322. The van der Waals surface area contributed by atoms with Crippen molar-refractivity contribution < 1.29 is 23.1 Å². The Morgan fingerprint density at radius 1 is 0.973 bits per heavy atom. The van der Waals surface area contributed by atoms with Gasteiger partial charge in [-0.1, -0.05) is 67.8 Å². The van der Waals surface area contributed by atoms with E-state index in [4.69, 9.17) is 10.5 Å². The van der Waals surface area contributed by atoms with Crippen LogP contribution in [0.4, 0.5) is 13.6 Å². The van der Waals surface area contributed by atoms with Crippen molar-refractivity contribution in [3.63, 3.8) is 0 Å². The largest absolute Gasteiger partial charge is 0.448 e. The van der Waals surface area contributed by atoms with Gasteiger partial charge in [0.15, 0.2) is 0 Å². The molecule has 0 spiro atoms. The van der Waals surface area contributed by atoms with Crippen LogP contribution in [-0.2, 0) is 9.53 Å². The molecular formula is C29H35F2N3O3. The SMILES string of the molecule is N[C@H](C1CCCCC1)C(F)(F)CNC(=O)[C@@H]1CCCN1C(=O)OCC1c2ccccc2-c2ccccc21. The predicted octanol–water partition coefficient (Wildman–Crippen LogP) is 5.06. The lowest BCUT2D eigenvalue weighted by atomic mass is 9.82. The molecule has 6 nitrogen and oxygen atoms in total. The summed E-state index contributed by atoms with van der Waals surface area (Å²) in [7, 11) is 0. The third-order valence-electron chi connectivity index (χ3n) is 8.27. The summed E-state index contributed by atoms with van der Waals surface area (Å²) < 4.78 is 35.3. The van der Waals surface area contributed by atoms with Gasteiger partial charge in [-0.25, -0.2) is 13.6 Å². The highest BCUT2D eigenvalue weighted by atomic mass is 19.3. The highest BCUT2D eigenvalue weighted by molar-refractivity contribution is 5.86. The number of carbonyl (C=O) groups excluding carboxylic acids is 2. The lowest BCUT2D eigenvalue weighted by molar-refractivity contribution is -0.128. The number of nitrogens with one attached hydrogen (secondary N) is 1. The number of nitrogens with two attached hydrogens (primary N) is 1. The molecule has 2 amide bonds. The first kappa shape index (κ1) is 25.6. The van der Waals surface area contributed by atoms with Crippen molar-refractivity contribution in [2.24, 2.45) is 11.7 Å². The Labute approximate surface area is 216 Å². The van der Waals surface area contributed by atoms with Crippen LogP contribution in [0.15, 0.2) is 48.5 Å². The zero-order chi connectivity index (χ0) is 26.0. The fraction of sp³-hybridized carbons (Fsp3) is 0.517. The van der Waals surface area contributed by atoms with Crippen molar-refractivity contribution in [1.82, 2.24) is 10.2 Å². The quantitative estimate of drug-likeness (QED) is 0.544. The number of nitrogens with zero attached hydrogens (tertiary/aromatic N) is 1. The van der Waals surface area contributed by atoms with Crippen LogP contribution >= 0.6 is 0 Å². The van der Waals surface area contributed by atoms with E-state index in [1.54, 1.807) is 0 Å². The number of rotatable bonds is 7. The molecule has 1 aliphatic heterocycles. The van der Waals surface area contributed by atoms with Crippen molar-refractivity contribution in [3.8, 4) is 11.1 Å². The molecule has 5 rings (SSSR count). The van der Waals surface area contributed by atoms with Crippen LogP contribution in [0.5, 0.6) is 0 Å². The van der Waals surface area contributed by atoms with E-state index in [1.165, 1.54) is 4.90 Å². The molecular weight excluding hydrogens is 476 g/mol. The van der Waals surface area contributed by atoms with Gasteiger partial charge in [0.2, 0.25) is 5.91 Å². The Balaban J connectivity index is 1.18. The minimum absolute atomic E-state index is 0.0915. The van der Waals surface area contributed by atoms with E-state index in [9.17, 15) is 18.4 Å². The van der Waals surface area contributed by atoms with Crippen LogP contribution in [0.25, 0.3) is 11.1 Å². The summed E-state index contributed by atoms with van der Waals surface area (Å²) in [5, 5.41) is 2.37. The number of likely N-dealkylation sites (tertiary alicyclic amines) is 1. The fourth-order valence-electron chi connectivity index (χ4n) is 6.21. The van der Waals surface area contributed by atoms with E-state index in [1.807, 2.05) is 36.4 Å². The number of alkyl halides is 2. The van der Waals surface area contributed by atoms with Gasteiger partial charge in [0, 0.05) is 12.5 Å². The second-order valence-electron chi connectivity index (χ2n) is 10.6. The minimum atomic E-state index is -3.20. The molecule has 198 valence electrons. The highest BCUT2D eigenvalue weighted by Gasteiger charge is 2.43. The summed E-state index contributed by atoms with van der Waals surface area (Å²) in [5.74, 6) is -4.11. The van der Waals surface area contributed by atoms with Crippen molar-refractivity contribution in [2.75, 3.05) is 19.7 Å². The number of ether oxygens (including phenoxy) is 1. The lowest BCUT2D eigenvalue weighted by Crippen LogP contribution is -2.55. The number of carbonyl (C=O) groups is 2. The Bertz CT molecular complexity index is 1090. The minimum Gasteiger partial charge on any atom is -0.448 e. The standard InChI is InChI=1S/C29H35F2N3O3/c30-29(31,26(32)19-9-2-1-3-10-19)18-33-27(35)25-15-8-16-34(25)28(36)37-17-24-22-13-6-4-11-20(22)21-12-5-7-14-23(21)24/h4-7,11-14,19,24-26H,1-3,8-10,15-18,32H2,(H,33,35)/t25-,26+/m0/s1. The maximum atomic E-state index is 14.8. The van der Waals surface area contributed by atoms with Gasteiger partial charge >= 0.3 is 6.09 Å². The van der Waals surface area contributed by atoms with E-state index in [0.717, 1.165) is 41.5 Å². The van der Waals surface area contributed by atoms with Crippen molar-refractivity contribution >= 4 is 12.0 Å². The zero-order valence-corrected chi connectivity index (χ0v) is 21.0. The number of halogens is 2. The molecule has 2 aromatic carbocycles. The molecule has 0 unspecified atom stereocenters. The molecule has 2 aromatic rings. The predicted molar refractivity (Wildman–Crippen MR) is 137 cm³/mol. The fourth-order valence-corrected chi connectivity index (χ4v) is 6.21. The number of hydrogen-bond donors (Lipinski definition) is 2. The monoisotopic (exact) mass is 511 g/mol. The lowest BCUT2D eigenvalue weighted by Gasteiger charge is -2.33. The summed E-state index contributed by atoms with van der Waals surface area (Å²) in [5.41, 5.74) is 10.4. The molecule has 37 heavy (non-hydrogen) atoms. The number of benzene rings is 2. The second-order valence-corrected chi connectivity index (χ2v) is 10.6. The molecule has 1 saturated heterocycles. The van der Waals surface area contributed by atoms with Crippen LogP contribution < -0.4 is 11.1 Å². The number of amides is 2. The van der Waals surface area contributed by atoms with E-state index >= 15 is 0 Å². The van der Waals surface area contributed by atoms with Gasteiger partial charge < -0.3 is 15.8 Å². The van der Waals surface area contributed by atoms with Gasteiger partial charge in [0.05, 0.1) is 12.6 Å². The van der Waals surface area contributed by atoms with Crippen LogP contribution in [0, 0.1) is 5.92 Å². The Morgan fingerprint density at radius 2 is 1.59 bits per heavy atom. The molecule has 3 N–H and O–H groups in total. The topological polar surface area (TPSA) is 84.7 Å². The summed E-state index contributed by atoms with van der Waals surface area (Å²) >= 11 is 0.